The van der Waals surface area contributed by atoms with Gasteiger partial charge in [-0.1, -0.05) is 30.3 Å². The van der Waals surface area contributed by atoms with Gasteiger partial charge < -0.3 is 19.1 Å². The normalized spacial score (nSPS) is 17.0. The van der Waals surface area contributed by atoms with Gasteiger partial charge in [-0.3, -0.25) is 4.79 Å². The van der Waals surface area contributed by atoms with Crippen LogP contribution in [0.1, 0.15) is 35.7 Å². The molecule has 0 unspecified atom stereocenters. The van der Waals surface area contributed by atoms with E-state index in [2.05, 4.69) is 17.1 Å². The number of piperidine rings is 1. The first kappa shape index (κ1) is 20.4. The van der Waals surface area contributed by atoms with Crippen molar-refractivity contribution in [3.8, 4) is 0 Å². The molecule has 160 valence electrons. The highest BCUT2D eigenvalue weighted by molar-refractivity contribution is 5.80. The Morgan fingerprint density at radius 1 is 1.07 bits per heavy atom. The molecule has 2 aliphatic rings. The Hall–Kier alpha value is -2.83. The average Bonchev–Trinajstić information content (AvgIpc) is 3.19. The molecule has 1 saturated heterocycles. The van der Waals surface area contributed by atoms with Gasteiger partial charge in [0.15, 0.2) is 5.89 Å². The Bertz CT molecular complexity index is 885. The van der Waals surface area contributed by atoms with Gasteiger partial charge in [-0.2, -0.15) is 0 Å². The standard InChI is InChI=1S/C23H30N4O3/c1-25(2)23(29)26-13-10-18(11-14-26)22(28)27-15-12-20-19(16-27)24-21(30-20)9-8-17-6-4-3-5-7-17/h3-7,18H,8-16H2,1-2H3. The molecule has 0 spiro atoms. The summed E-state index contributed by atoms with van der Waals surface area (Å²) in [7, 11) is 3.52. The van der Waals surface area contributed by atoms with Gasteiger partial charge in [0.05, 0.1) is 6.54 Å². The van der Waals surface area contributed by atoms with E-state index >= 15 is 0 Å². The number of aryl methyl sites for hydroxylation is 2. The predicted molar refractivity (Wildman–Crippen MR) is 113 cm³/mol. The van der Waals surface area contributed by atoms with Gasteiger partial charge in [0.2, 0.25) is 5.91 Å². The lowest BCUT2D eigenvalue weighted by molar-refractivity contribution is -0.138. The number of hydrogen-bond donors (Lipinski definition) is 0. The lowest BCUT2D eigenvalue weighted by Gasteiger charge is -2.36. The van der Waals surface area contributed by atoms with E-state index in [9.17, 15) is 9.59 Å². The number of aromatic nitrogens is 1. The van der Waals surface area contributed by atoms with Gasteiger partial charge in [-0.05, 0) is 24.8 Å². The highest BCUT2D eigenvalue weighted by Crippen LogP contribution is 2.25. The summed E-state index contributed by atoms with van der Waals surface area (Å²) >= 11 is 0. The lowest BCUT2D eigenvalue weighted by atomic mass is 9.94. The summed E-state index contributed by atoms with van der Waals surface area (Å²) in [4.78, 5) is 35.2. The van der Waals surface area contributed by atoms with Crippen LogP contribution in [-0.4, -0.2) is 65.4 Å². The van der Waals surface area contributed by atoms with Crippen LogP contribution >= 0.6 is 0 Å². The van der Waals surface area contributed by atoms with Gasteiger partial charge in [-0.25, -0.2) is 9.78 Å². The van der Waals surface area contributed by atoms with Crippen LogP contribution in [0.25, 0.3) is 0 Å². The van der Waals surface area contributed by atoms with Crippen molar-refractivity contribution >= 4 is 11.9 Å². The first-order chi connectivity index (χ1) is 14.5. The number of likely N-dealkylation sites (tertiary alicyclic amines) is 1. The number of nitrogens with zero attached hydrogens (tertiary/aromatic N) is 4. The molecule has 2 aliphatic heterocycles. The molecule has 7 nitrogen and oxygen atoms in total. The molecule has 0 radical (unpaired) electrons. The smallest absolute Gasteiger partial charge is 0.319 e. The number of rotatable bonds is 4. The third kappa shape index (κ3) is 4.50. The van der Waals surface area contributed by atoms with Crippen molar-refractivity contribution in [1.82, 2.24) is 19.7 Å². The zero-order valence-electron chi connectivity index (χ0n) is 17.8. The zero-order chi connectivity index (χ0) is 21.1. The Morgan fingerprint density at radius 2 is 1.80 bits per heavy atom. The first-order valence-electron chi connectivity index (χ1n) is 10.8. The fourth-order valence-corrected chi connectivity index (χ4v) is 4.30. The summed E-state index contributed by atoms with van der Waals surface area (Å²) in [6.07, 6.45) is 3.83. The van der Waals surface area contributed by atoms with Crippen molar-refractivity contribution < 1.29 is 14.0 Å². The van der Waals surface area contributed by atoms with E-state index in [-0.39, 0.29) is 17.9 Å². The fraction of sp³-hybridized carbons (Fsp3) is 0.522. The van der Waals surface area contributed by atoms with Gasteiger partial charge >= 0.3 is 6.03 Å². The Morgan fingerprint density at radius 3 is 2.50 bits per heavy atom. The third-order valence-electron chi connectivity index (χ3n) is 6.05. The summed E-state index contributed by atoms with van der Waals surface area (Å²) < 4.78 is 5.97. The molecule has 0 aliphatic carbocycles. The van der Waals surface area contributed by atoms with E-state index in [1.165, 1.54) is 5.56 Å². The number of urea groups is 1. The van der Waals surface area contributed by atoms with Gasteiger partial charge in [-0.15, -0.1) is 0 Å². The number of hydrogen-bond acceptors (Lipinski definition) is 4. The number of oxazole rings is 1. The molecule has 3 heterocycles. The molecule has 0 N–H and O–H groups in total. The summed E-state index contributed by atoms with van der Waals surface area (Å²) in [5.41, 5.74) is 2.17. The lowest BCUT2D eigenvalue weighted by Crippen LogP contribution is -2.47. The maximum Gasteiger partial charge on any atom is 0.319 e. The van der Waals surface area contributed by atoms with Crippen molar-refractivity contribution in [2.75, 3.05) is 33.7 Å². The molecule has 0 bridgehead atoms. The van der Waals surface area contributed by atoms with Crippen molar-refractivity contribution in [3.63, 3.8) is 0 Å². The molecule has 0 atom stereocenters. The topological polar surface area (TPSA) is 69.9 Å². The van der Waals surface area contributed by atoms with E-state index in [4.69, 9.17) is 4.42 Å². The second kappa shape index (κ2) is 8.90. The van der Waals surface area contributed by atoms with Crippen LogP contribution in [0.4, 0.5) is 4.79 Å². The van der Waals surface area contributed by atoms with Crippen LogP contribution in [-0.2, 0) is 30.6 Å². The molecule has 3 amide bonds. The highest BCUT2D eigenvalue weighted by Gasteiger charge is 2.33. The summed E-state index contributed by atoms with van der Waals surface area (Å²) in [5.74, 6) is 1.86. The van der Waals surface area contributed by atoms with Gasteiger partial charge in [0.1, 0.15) is 11.5 Å². The molecule has 1 aromatic heterocycles. The Labute approximate surface area is 177 Å². The summed E-state index contributed by atoms with van der Waals surface area (Å²) in [5, 5.41) is 0. The SMILES string of the molecule is CN(C)C(=O)N1CCC(C(=O)N2CCc3oc(CCc4ccccc4)nc3C2)CC1. The molecule has 30 heavy (non-hydrogen) atoms. The summed E-state index contributed by atoms with van der Waals surface area (Å²) in [6, 6.07) is 10.3. The van der Waals surface area contributed by atoms with Crippen molar-refractivity contribution in [1.29, 1.82) is 0 Å². The molecule has 7 heteroatoms. The second-order valence-electron chi connectivity index (χ2n) is 8.41. The Balaban J connectivity index is 1.31. The number of carbonyl (C=O) groups is 2. The largest absolute Gasteiger partial charge is 0.445 e. The van der Waals surface area contributed by atoms with Crippen LogP contribution in [0.3, 0.4) is 0 Å². The first-order valence-corrected chi connectivity index (χ1v) is 10.8. The number of benzene rings is 1. The average molecular weight is 411 g/mol. The van der Waals surface area contributed by atoms with Crippen LogP contribution < -0.4 is 0 Å². The minimum atomic E-state index is -0.0118. The van der Waals surface area contributed by atoms with E-state index < -0.39 is 0 Å². The number of carbonyl (C=O) groups excluding carboxylic acids is 2. The number of amides is 3. The van der Waals surface area contributed by atoms with Crippen molar-refractivity contribution in [2.24, 2.45) is 5.92 Å². The number of fused-ring (bicyclic) bond motifs is 1. The van der Waals surface area contributed by atoms with E-state index in [1.54, 1.807) is 19.0 Å². The quantitative estimate of drug-likeness (QED) is 0.777. The van der Waals surface area contributed by atoms with Crippen LogP contribution in [0, 0.1) is 5.92 Å². The predicted octanol–water partition coefficient (Wildman–Crippen LogP) is 2.74. The summed E-state index contributed by atoms with van der Waals surface area (Å²) in [6.45, 7) is 2.48. The molecule has 1 fully saturated rings. The van der Waals surface area contributed by atoms with E-state index in [0.717, 1.165) is 49.4 Å². The van der Waals surface area contributed by atoms with Crippen molar-refractivity contribution in [2.45, 2.75) is 38.6 Å². The third-order valence-corrected chi connectivity index (χ3v) is 6.05. The van der Waals surface area contributed by atoms with Crippen molar-refractivity contribution in [3.05, 3.63) is 53.2 Å². The minimum Gasteiger partial charge on any atom is -0.445 e. The maximum absolute atomic E-state index is 13.0. The molecule has 2 aromatic rings. The molecule has 0 saturated carbocycles. The second-order valence-corrected chi connectivity index (χ2v) is 8.41. The van der Waals surface area contributed by atoms with Gasteiger partial charge in [0.25, 0.3) is 0 Å². The highest BCUT2D eigenvalue weighted by atomic mass is 16.4. The van der Waals surface area contributed by atoms with Crippen LogP contribution in [0.2, 0.25) is 0 Å². The Kier molecular flexibility index (Phi) is 6.06. The van der Waals surface area contributed by atoms with E-state index in [0.29, 0.717) is 26.2 Å². The molecule has 4 rings (SSSR count). The maximum atomic E-state index is 13.0. The van der Waals surface area contributed by atoms with E-state index in [1.807, 2.05) is 28.0 Å². The zero-order valence-corrected chi connectivity index (χ0v) is 17.8. The van der Waals surface area contributed by atoms with Crippen LogP contribution in [0.15, 0.2) is 34.7 Å². The molecule has 1 aromatic carbocycles. The minimum absolute atomic E-state index is 0.0118. The molecular formula is C23H30N4O3. The monoisotopic (exact) mass is 410 g/mol. The van der Waals surface area contributed by atoms with Gasteiger partial charge in [0, 0.05) is 52.5 Å². The molecular weight excluding hydrogens is 380 g/mol. The fourth-order valence-electron chi connectivity index (χ4n) is 4.30. The van der Waals surface area contributed by atoms with Crippen LogP contribution in [0.5, 0.6) is 0 Å².